The van der Waals surface area contributed by atoms with Gasteiger partial charge in [-0.2, -0.15) is 0 Å². The van der Waals surface area contributed by atoms with Crippen LogP contribution >= 0.6 is 0 Å². The van der Waals surface area contributed by atoms with Crippen molar-refractivity contribution in [3.8, 4) is 0 Å². The molecule has 0 bridgehead atoms. The van der Waals surface area contributed by atoms with E-state index in [1.165, 1.54) is 50.9 Å². The molecule has 5 atom stereocenters. The Bertz CT molecular complexity index is 377. The third-order valence-corrected chi connectivity index (χ3v) is 5.49. The van der Waals surface area contributed by atoms with E-state index in [4.69, 9.17) is 12.8 Å². The highest BCUT2D eigenvalue weighted by molar-refractivity contribution is 6.14. The molecule has 5 unspecified atom stereocenters. The molecular weight excluding hydrogens is 231 g/mol. The molecule has 3 heteroatoms. The Balaban J connectivity index is 1.87. The molecule has 0 aromatic heterocycles. The van der Waals surface area contributed by atoms with Crippen molar-refractivity contribution < 1.29 is 0 Å². The summed E-state index contributed by atoms with van der Waals surface area (Å²) in [5.41, 5.74) is 0. The summed E-state index contributed by atoms with van der Waals surface area (Å²) in [6.45, 7) is 8.09. The first kappa shape index (κ1) is 13.5. The molecule has 0 N–H and O–H groups in total. The van der Waals surface area contributed by atoms with Crippen molar-refractivity contribution in [1.29, 1.82) is 0 Å². The number of hydrogen-bond acceptors (Lipinski definition) is 2. The minimum atomic E-state index is 0.0496. The standard InChI is InChI=1S/C16H27BN2/c1-11-9-12(2)19-8-6-13-10-16(3,17)7-4-5-14(13)15(19)18-11/h11-14H,4-10H2,1-3H3. The maximum absolute atomic E-state index is 6.45. The molecule has 19 heavy (non-hydrogen) atoms. The molecule has 104 valence electrons. The van der Waals surface area contributed by atoms with Crippen LogP contribution in [0.15, 0.2) is 4.99 Å². The maximum Gasteiger partial charge on any atom is 0.103 e. The first-order chi connectivity index (χ1) is 8.96. The highest BCUT2D eigenvalue weighted by atomic mass is 15.2. The summed E-state index contributed by atoms with van der Waals surface area (Å²) in [6, 6.07) is 1.18. The molecule has 3 aliphatic rings. The van der Waals surface area contributed by atoms with Crippen LogP contribution in [0.2, 0.25) is 5.31 Å². The molecule has 2 fully saturated rings. The molecule has 0 amide bonds. The second-order valence-electron chi connectivity index (χ2n) is 7.52. The average molecular weight is 258 g/mol. The second-order valence-corrected chi connectivity index (χ2v) is 7.52. The number of rotatable bonds is 0. The lowest BCUT2D eigenvalue weighted by Gasteiger charge is -2.47. The van der Waals surface area contributed by atoms with Crippen LogP contribution in [0, 0.1) is 11.8 Å². The van der Waals surface area contributed by atoms with Gasteiger partial charge in [0.25, 0.3) is 0 Å². The smallest absolute Gasteiger partial charge is 0.103 e. The van der Waals surface area contributed by atoms with E-state index in [9.17, 15) is 0 Å². The molecule has 0 aromatic carbocycles. The van der Waals surface area contributed by atoms with Crippen LogP contribution in [-0.2, 0) is 0 Å². The number of nitrogens with zero attached hydrogens (tertiary/aromatic N) is 2. The van der Waals surface area contributed by atoms with Crippen molar-refractivity contribution >= 4 is 13.7 Å². The lowest BCUT2D eigenvalue weighted by atomic mass is 9.62. The monoisotopic (exact) mass is 258 g/mol. The van der Waals surface area contributed by atoms with E-state index in [0.29, 0.717) is 18.0 Å². The summed E-state index contributed by atoms with van der Waals surface area (Å²) >= 11 is 0. The summed E-state index contributed by atoms with van der Waals surface area (Å²) in [4.78, 5) is 7.63. The van der Waals surface area contributed by atoms with Crippen molar-refractivity contribution in [3.63, 3.8) is 0 Å². The summed E-state index contributed by atoms with van der Waals surface area (Å²) in [6.07, 6.45) is 7.46. The van der Waals surface area contributed by atoms with Gasteiger partial charge in [0.1, 0.15) is 5.84 Å². The molecule has 2 nitrogen and oxygen atoms in total. The van der Waals surface area contributed by atoms with Gasteiger partial charge in [0.05, 0.1) is 13.9 Å². The van der Waals surface area contributed by atoms with Crippen molar-refractivity contribution in [2.24, 2.45) is 16.8 Å². The zero-order valence-corrected chi connectivity index (χ0v) is 12.7. The van der Waals surface area contributed by atoms with E-state index >= 15 is 0 Å². The van der Waals surface area contributed by atoms with Crippen molar-refractivity contribution in [2.75, 3.05) is 6.54 Å². The van der Waals surface area contributed by atoms with Gasteiger partial charge in [-0.05, 0) is 39.0 Å². The topological polar surface area (TPSA) is 15.6 Å². The summed E-state index contributed by atoms with van der Waals surface area (Å²) in [5, 5.41) is 0.0496. The third kappa shape index (κ3) is 2.58. The Kier molecular flexibility index (Phi) is 3.43. The normalized spacial score (nSPS) is 46.9. The molecule has 1 saturated carbocycles. The van der Waals surface area contributed by atoms with Gasteiger partial charge in [-0.3, -0.25) is 4.99 Å². The lowest BCUT2D eigenvalue weighted by molar-refractivity contribution is 0.181. The highest BCUT2D eigenvalue weighted by Crippen LogP contribution is 2.47. The Labute approximate surface area is 119 Å². The van der Waals surface area contributed by atoms with Gasteiger partial charge >= 0.3 is 0 Å². The Morgan fingerprint density at radius 2 is 2.11 bits per heavy atom. The van der Waals surface area contributed by atoms with Gasteiger partial charge in [0.2, 0.25) is 0 Å². The number of amidine groups is 1. The minimum Gasteiger partial charge on any atom is -0.357 e. The minimum absolute atomic E-state index is 0.0496. The Hall–Kier alpha value is -0.465. The van der Waals surface area contributed by atoms with Crippen LogP contribution in [0.5, 0.6) is 0 Å². The highest BCUT2D eigenvalue weighted by Gasteiger charge is 2.41. The summed E-state index contributed by atoms with van der Waals surface area (Å²) < 4.78 is 0. The van der Waals surface area contributed by atoms with E-state index in [2.05, 4.69) is 25.7 Å². The zero-order valence-electron chi connectivity index (χ0n) is 12.7. The predicted octanol–water partition coefficient (Wildman–Crippen LogP) is 3.42. The Morgan fingerprint density at radius 1 is 1.32 bits per heavy atom. The van der Waals surface area contributed by atoms with Crippen LogP contribution in [0.25, 0.3) is 0 Å². The number of aliphatic imine (C=N–C) groups is 1. The predicted molar refractivity (Wildman–Crippen MR) is 81.9 cm³/mol. The fourth-order valence-corrected chi connectivity index (χ4v) is 4.60. The van der Waals surface area contributed by atoms with Crippen LogP contribution in [0.3, 0.4) is 0 Å². The Morgan fingerprint density at radius 3 is 2.89 bits per heavy atom. The molecule has 3 rings (SSSR count). The van der Waals surface area contributed by atoms with Gasteiger partial charge in [-0.1, -0.05) is 31.5 Å². The SMILES string of the molecule is [B]C1(C)CCCC2C3=NC(C)CC(C)N3CCC2C1. The molecule has 1 saturated heterocycles. The van der Waals surface area contributed by atoms with E-state index in [-0.39, 0.29) is 5.31 Å². The summed E-state index contributed by atoms with van der Waals surface area (Å²) in [5.74, 6) is 2.88. The molecule has 2 aliphatic heterocycles. The number of piperidine rings is 1. The van der Waals surface area contributed by atoms with Crippen molar-refractivity contribution in [3.05, 3.63) is 0 Å². The number of fused-ring (bicyclic) bond motifs is 3. The van der Waals surface area contributed by atoms with E-state index in [0.717, 1.165) is 5.92 Å². The maximum atomic E-state index is 6.45. The van der Waals surface area contributed by atoms with Crippen LogP contribution in [-0.4, -0.2) is 37.2 Å². The molecule has 0 spiro atoms. The van der Waals surface area contributed by atoms with Gasteiger partial charge in [0, 0.05) is 18.5 Å². The van der Waals surface area contributed by atoms with Crippen LogP contribution in [0.1, 0.15) is 59.3 Å². The van der Waals surface area contributed by atoms with Crippen LogP contribution in [0.4, 0.5) is 0 Å². The fraction of sp³-hybridized carbons (Fsp3) is 0.938. The second kappa shape index (κ2) is 4.82. The first-order valence-electron chi connectivity index (χ1n) is 8.09. The van der Waals surface area contributed by atoms with E-state index < -0.39 is 0 Å². The molecule has 2 radical (unpaired) electrons. The van der Waals surface area contributed by atoms with Gasteiger partial charge in [-0.25, -0.2) is 0 Å². The van der Waals surface area contributed by atoms with Crippen LogP contribution < -0.4 is 0 Å². The van der Waals surface area contributed by atoms with Crippen molar-refractivity contribution in [1.82, 2.24) is 4.90 Å². The fourth-order valence-electron chi connectivity index (χ4n) is 4.60. The molecule has 1 aliphatic carbocycles. The van der Waals surface area contributed by atoms with Crippen molar-refractivity contribution in [2.45, 2.75) is 76.7 Å². The average Bonchev–Trinajstić information content (AvgIpc) is 2.45. The number of hydrogen-bond donors (Lipinski definition) is 0. The lowest BCUT2D eigenvalue weighted by Crippen LogP contribution is -2.53. The summed E-state index contributed by atoms with van der Waals surface area (Å²) in [7, 11) is 6.45. The molecule has 2 heterocycles. The quantitative estimate of drug-likeness (QED) is 0.608. The van der Waals surface area contributed by atoms with Gasteiger partial charge < -0.3 is 4.90 Å². The molecule has 0 aromatic rings. The van der Waals surface area contributed by atoms with E-state index in [1.54, 1.807) is 0 Å². The van der Waals surface area contributed by atoms with E-state index in [1.807, 2.05) is 0 Å². The first-order valence-corrected chi connectivity index (χ1v) is 8.09. The molecular formula is C16H27BN2. The third-order valence-electron chi connectivity index (χ3n) is 5.49. The van der Waals surface area contributed by atoms with Gasteiger partial charge in [0.15, 0.2) is 0 Å². The zero-order chi connectivity index (χ0) is 13.6. The largest absolute Gasteiger partial charge is 0.357 e. The van der Waals surface area contributed by atoms with Gasteiger partial charge in [-0.15, -0.1) is 0 Å².